The standard InChI is InChI=1S/C20H17NO3/c1-15-8-10-16(11-9-15)14-23-20(22)18-6-2-3-7-19(18)24-17-5-4-12-21-13-17/h2-13H,14H2,1H3. The third-order valence-electron chi connectivity index (χ3n) is 3.46. The van der Waals surface area contributed by atoms with E-state index in [1.807, 2.05) is 37.3 Å². The largest absolute Gasteiger partial charge is 0.457 e. The maximum atomic E-state index is 12.4. The first-order valence-corrected chi connectivity index (χ1v) is 7.62. The number of aryl methyl sites for hydroxylation is 1. The Kier molecular flexibility index (Phi) is 4.87. The van der Waals surface area contributed by atoms with Gasteiger partial charge in [0.1, 0.15) is 23.7 Å². The number of pyridine rings is 1. The number of para-hydroxylation sites is 1. The van der Waals surface area contributed by atoms with E-state index in [-0.39, 0.29) is 6.61 Å². The smallest absolute Gasteiger partial charge is 0.342 e. The van der Waals surface area contributed by atoms with Gasteiger partial charge in [-0.1, -0.05) is 42.0 Å². The molecular formula is C20H17NO3. The van der Waals surface area contributed by atoms with Crippen LogP contribution in [0.1, 0.15) is 21.5 Å². The fourth-order valence-corrected chi connectivity index (χ4v) is 2.17. The molecule has 0 saturated heterocycles. The molecule has 4 nitrogen and oxygen atoms in total. The van der Waals surface area contributed by atoms with Crippen LogP contribution in [-0.4, -0.2) is 11.0 Å². The zero-order chi connectivity index (χ0) is 16.8. The number of aromatic nitrogens is 1. The van der Waals surface area contributed by atoms with Crippen LogP contribution in [0.15, 0.2) is 73.1 Å². The first kappa shape index (κ1) is 15.7. The number of hydrogen-bond acceptors (Lipinski definition) is 4. The average molecular weight is 319 g/mol. The molecule has 0 spiro atoms. The van der Waals surface area contributed by atoms with E-state index in [1.165, 1.54) is 5.56 Å². The maximum Gasteiger partial charge on any atom is 0.342 e. The molecule has 0 amide bonds. The highest BCUT2D eigenvalue weighted by molar-refractivity contribution is 5.92. The lowest BCUT2D eigenvalue weighted by Gasteiger charge is -2.11. The van der Waals surface area contributed by atoms with Gasteiger partial charge in [-0.05, 0) is 36.8 Å². The van der Waals surface area contributed by atoms with E-state index >= 15 is 0 Å². The number of carbonyl (C=O) groups is 1. The summed E-state index contributed by atoms with van der Waals surface area (Å²) in [6.45, 7) is 2.24. The predicted molar refractivity (Wildman–Crippen MR) is 91.1 cm³/mol. The number of benzene rings is 2. The Labute approximate surface area is 140 Å². The minimum Gasteiger partial charge on any atom is -0.457 e. The minimum absolute atomic E-state index is 0.223. The Balaban J connectivity index is 1.71. The van der Waals surface area contributed by atoms with Gasteiger partial charge in [-0.2, -0.15) is 0 Å². The van der Waals surface area contributed by atoms with Crippen LogP contribution in [-0.2, 0) is 11.3 Å². The molecule has 0 N–H and O–H groups in total. The molecule has 4 heteroatoms. The van der Waals surface area contributed by atoms with Crippen molar-refractivity contribution in [3.63, 3.8) is 0 Å². The second-order valence-electron chi connectivity index (χ2n) is 5.35. The topological polar surface area (TPSA) is 48.4 Å². The molecule has 0 atom stereocenters. The zero-order valence-corrected chi connectivity index (χ0v) is 13.3. The lowest BCUT2D eigenvalue weighted by atomic mass is 10.1. The first-order chi connectivity index (χ1) is 11.7. The second kappa shape index (κ2) is 7.42. The van der Waals surface area contributed by atoms with Crippen molar-refractivity contribution in [2.24, 2.45) is 0 Å². The van der Waals surface area contributed by atoms with Gasteiger partial charge < -0.3 is 9.47 Å². The molecule has 0 aliphatic rings. The number of nitrogens with zero attached hydrogens (tertiary/aromatic N) is 1. The molecule has 0 saturated carbocycles. The number of rotatable bonds is 5. The molecule has 120 valence electrons. The molecule has 0 bridgehead atoms. The van der Waals surface area contributed by atoms with E-state index in [2.05, 4.69) is 4.98 Å². The maximum absolute atomic E-state index is 12.4. The van der Waals surface area contributed by atoms with Crippen LogP contribution in [0.3, 0.4) is 0 Å². The summed E-state index contributed by atoms with van der Waals surface area (Å²) in [7, 11) is 0. The molecule has 0 aliphatic heterocycles. The van der Waals surface area contributed by atoms with Crippen LogP contribution in [0, 0.1) is 6.92 Å². The fraction of sp³-hybridized carbons (Fsp3) is 0.100. The van der Waals surface area contributed by atoms with Gasteiger partial charge in [-0.15, -0.1) is 0 Å². The summed E-state index contributed by atoms with van der Waals surface area (Å²) in [5, 5.41) is 0. The summed E-state index contributed by atoms with van der Waals surface area (Å²) in [6.07, 6.45) is 3.25. The summed E-state index contributed by atoms with van der Waals surface area (Å²) in [4.78, 5) is 16.4. The molecule has 0 radical (unpaired) electrons. The van der Waals surface area contributed by atoms with E-state index in [0.29, 0.717) is 17.1 Å². The van der Waals surface area contributed by atoms with Gasteiger partial charge in [-0.25, -0.2) is 4.79 Å². The highest BCUT2D eigenvalue weighted by Gasteiger charge is 2.14. The molecule has 0 fully saturated rings. The molecular weight excluding hydrogens is 302 g/mol. The van der Waals surface area contributed by atoms with Gasteiger partial charge in [0.2, 0.25) is 0 Å². The molecule has 3 rings (SSSR count). The van der Waals surface area contributed by atoms with Crippen molar-refractivity contribution in [3.8, 4) is 11.5 Å². The third-order valence-corrected chi connectivity index (χ3v) is 3.46. The molecule has 24 heavy (non-hydrogen) atoms. The normalized spacial score (nSPS) is 10.2. The molecule has 1 heterocycles. The Morgan fingerprint density at radius 1 is 1.00 bits per heavy atom. The highest BCUT2D eigenvalue weighted by atomic mass is 16.5. The Bertz CT molecular complexity index is 814. The molecule has 3 aromatic rings. The lowest BCUT2D eigenvalue weighted by Crippen LogP contribution is -2.07. The first-order valence-electron chi connectivity index (χ1n) is 7.62. The van der Waals surface area contributed by atoms with E-state index in [0.717, 1.165) is 5.56 Å². The van der Waals surface area contributed by atoms with Crippen molar-refractivity contribution in [2.75, 3.05) is 0 Å². The van der Waals surface area contributed by atoms with Gasteiger partial charge in [0.25, 0.3) is 0 Å². The van der Waals surface area contributed by atoms with Crippen molar-refractivity contribution < 1.29 is 14.3 Å². The fourth-order valence-electron chi connectivity index (χ4n) is 2.17. The number of esters is 1. The molecule has 0 aliphatic carbocycles. The Morgan fingerprint density at radius 3 is 2.54 bits per heavy atom. The van der Waals surface area contributed by atoms with Crippen LogP contribution in [0.4, 0.5) is 0 Å². The number of ether oxygens (including phenoxy) is 2. The van der Waals surface area contributed by atoms with Crippen LogP contribution in [0.2, 0.25) is 0 Å². The summed E-state index contributed by atoms with van der Waals surface area (Å²) in [5.74, 6) is 0.589. The quantitative estimate of drug-likeness (QED) is 0.648. The van der Waals surface area contributed by atoms with Crippen LogP contribution in [0.25, 0.3) is 0 Å². The Morgan fingerprint density at radius 2 is 1.79 bits per heavy atom. The van der Waals surface area contributed by atoms with Crippen molar-refractivity contribution in [2.45, 2.75) is 13.5 Å². The van der Waals surface area contributed by atoms with E-state index in [9.17, 15) is 4.79 Å². The molecule has 0 unspecified atom stereocenters. The van der Waals surface area contributed by atoms with Gasteiger partial charge in [0, 0.05) is 6.20 Å². The van der Waals surface area contributed by atoms with Crippen molar-refractivity contribution in [1.29, 1.82) is 0 Å². The summed E-state index contributed by atoms with van der Waals surface area (Å²) < 4.78 is 11.1. The van der Waals surface area contributed by atoms with Crippen molar-refractivity contribution >= 4 is 5.97 Å². The van der Waals surface area contributed by atoms with Gasteiger partial charge >= 0.3 is 5.97 Å². The summed E-state index contributed by atoms with van der Waals surface area (Å²) in [5.41, 5.74) is 2.49. The average Bonchev–Trinajstić information content (AvgIpc) is 2.62. The van der Waals surface area contributed by atoms with Crippen molar-refractivity contribution in [3.05, 3.63) is 89.7 Å². The van der Waals surface area contributed by atoms with Gasteiger partial charge in [0.05, 0.1) is 6.20 Å². The minimum atomic E-state index is -0.421. The van der Waals surface area contributed by atoms with Gasteiger partial charge in [-0.3, -0.25) is 4.98 Å². The van der Waals surface area contributed by atoms with E-state index in [4.69, 9.17) is 9.47 Å². The Hall–Kier alpha value is -3.14. The van der Waals surface area contributed by atoms with E-state index in [1.54, 1.807) is 42.7 Å². The summed E-state index contributed by atoms with van der Waals surface area (Å²) in [6, 6.07) is 18.4. The van der Waals surface area contributed by atoms with E-state index < -0.39 is 5.97 Å². The molecule has 2 aromatic carbocycles. The SMILES string of the molecule is Cc1ccc(COC(=O)c2ccccc2Oc2cccnc2)cc1. The highest BCUT2D eigenvalue weighted by Crippen LogP contribution is 2.25. The number of hydrogen-bond donors (Lipinski definition) is 0. The zero-order valence-electron chi connectivity index (χ0n) is 13.3. The predicted octanol–water partition coefficient (Wildman–Crippen LogP) is 4.54. The second-order valence-corrected chi connectivity index (χ2v) is 5.35. The summed E-state index contributed by atoms with van der Waals surface area (Å²) >= 11 is 0. The number of carbonyl (C=O) groups excluding carboxylic acids is 1. The van der Waals surface area contributed by atoms with Crippen LogP contribution in [0.5, 0.6) is 11.5 Å². The van der Waals surface area contributed by atoms with Gasteiger partial charge in [0.15, 0.2) is 0 Å². The monoisotopic (exact) mass is 319 g/mol. The van der Waals surface area contributed by atoms with Crippen LogP contribution < -0.4 is 4.74 Å². The third kappa shape index (κ3) is 3.98. The lowest BCUT2D eigenvalue weighted by molar-refractivity contribution is 0.0470. The van der Waals surface area contributed by atoms with Crippen molar-refractivity contribution in [1.82, 2.24) is 4.98 Å². The van der Waals surface area contributed by atoms with Crippen LogP contribution >= 0.6 is 0 Å². The molecule has 1 aromatic heterocycles.